The number of aromatic nitrogens is 1. The first-order chi connectivity index (χ1) is 6.25. The lowest BCUT2D eigenvalue weighted by Gasteiger charge is -2.12. The summed E-state index contributed by atoms with van der Waals surface area (Å²) in [5.41, 5.74) is 12.3. The first-order valence-corrected chi connectivity index (χ1v) is 4.32. The minimum atomic E-state index is -0.124. The highest BCUT2D eigenvalue weighted by Gasteiger charge is 2.08. The number of anilines is 1. The van der Waals surface area contributed by atoms with Crippen molar-refractivity contribution in [1.29, 1.82) is 0 Å². The van der Waals surface area contributed by atoms with E-state index in [1.807, 2.05) is 12.1 Å². The van der Waals surface area contributed by atoms with E-state index in [9.17, 15) is 0 Å². The summed E-state index contributed by atoms with van der Waals surface area (Å²) in [7, 11) is 0. The fourth-order valence-electron chi connectivity index (χ4n) is 1.21. The van der Waals surface area contributed by atoms with Crippen molar-refractivity contribution in [2.24, 2.45) is 5.73 Å². The minimum absolute atomic E-state index is 0.124. The number of hydrogen-bond acceptors (Lipinski definition) is 4. The highest BCUT2D eigenvalue weighted by Crippen LogP contribution is 2.19. The van der Waals surface area contributed by atoms with Crippen LogP contribution < -0.4 is 11.5 Å². The van der Waals surface area contributed by atoms with Crippen LogP contribution >= 0.6 is 0 Å². The van der Waals surface area contributed by atoms with Gasteiger partial charge < -0.3 is 16.6 Å². The van der Waals surface area contributed by atoms with E-state index in [1.165, 1.54) is 0 Å². The highest BCUT2D eigenvalue weighted by atomic mass is 16.2. The number of nitrogens with two attached hydrogens (primary N) is 2. The van der Waals surface area contributed by atoms with Gasteiger partial charge >= 0.3 is 0 Å². The summed E-state index contributed by atoms with van der Waals surface area (Å²) < 4.78 is 0. The molecule has 0 unspecified atom stereocenters. The second kappa shape index (κ2) is 4.79. The van der Waals surface area contributed by atoms with E-state index >= 15 is 0 Å². The van der Waals surface area contributed by atoms with Crippen LogP contribution in [0.25, 0.3) is 0 Å². The fourth-order valence-corrected chi connectivity index (χ4v) is 1.21. The maximum Gasteiger partial charge on any atom is 0.128 e. The van der Waals surface area contributed by atoms with Crippen LogP contribution in [-0.2, 0) is 0 Å². The van der Waals surface area contributed by atoms with Gasteiger partial charge in [0.25, 0.3) is 0 Å². The van der Waals surface area contributed by atoms with Gasteiger partial charge in [0.2, 0.25) is 0 Å². The topological polar surface area (TPSA) is 85.2 Å². The lowest BCUT2D eigenvalue weighted by atomic mass is 10.0. The van der Waals surface area contributed by atoms with E-state index in [2.05, 4.69) is 4.98 Å². The molecule has 1 aromatic heterocycles. The summed E-state index contributed by atoms with van der Waals surface area (Å²) in [6, 6.07) is 3.55. The van der Waals surface area contributed by atoms with Crippen LogP contribution in [0, 0.1) is 0 Å². The molecule has 0 spiro atoms. The van der Waals surface area contributed by atoms with Crippen LogP contribution in [0.3, 0.4) is 0 Å². The first kappa shape index (κ1) is 9.95. The highest BCUT2D eigenvalue weighted by molar-refractivity contribution is 5.40. The van der Waals surface area contributed by atoms with Gasteiger partial charge in [0.1, 0.15) is 5.82 Å². The second-order valence-corrected chi connectivity index (χ2v) is 2.95. The Balaban J connectivity index is 2.65. The Bertz CT molecular complexity index is 265. The molecule has 0 saturated carbocycles. The number of nitrogen functional groups attached to an aromatic ring is 1. The van der Waals surface area contributed by atoms with E-state index in [1.54, 1.807) is 6.20 Å². The van der Waals surface area contributed by atoms with E-state index < -0.39 is 0 Å². The molecular weight excluding hydrogens is 166 g/mol. The molecule has 4 nitrogen and oxygen atoms in total. The van der Waals surface area contributed by atoms with Crippen LogP contribution in [-0.4, -0.2) is 16.7 Å². The third-order valence-corrected chi connectivity index (χ3v) is 1.94. The molecule has 0 amide bonds. The third-order valence-electron chi connectivity index (χ3n) is 1.94. The van der Waals surface area contributed by atoms with Gasteiger partial charge in [-0.3, -0.25) is 0 Å². The van der Waals surface area contributed by atoms with Crippen molar-refractivity contribution >= 4 is 5.82 Å². The number of pyridine rings is 1. The van der Waals surface area contributed by atoms with Gasteiger partial charge in [0.05, 0.1) is 0 Å². The molecule has 1 rings (SSSR count). The Kier molecular flexibility index (Phi) is 3.67. The van der Waals surface area contributed by atoms with Crippen LogP contribution in [0.2, 0.25) is 0 Å². The van der Waals surface area contributed by atoms with E-state index in [0.29, 0.717) is 12.2 Å². The Morgan fingerprint density at radius 2 is 2.31 bits per heavy atom. The van der Waals surface area contributed by atoms with Crippen molar-refractivity contribution < 1.29 is 5.11 Å². The zero-order chi connectivity index (χ0) is 9.68. The number of hydrogen-bond donors (Lipinski definition) is 3. The largest absolute Gasteiger partial charge is 0.396 e. The van der Waals surface area contributed by atoms with Gasteiger partial charge in [-0.2, -0.15) is 0 Å². The zero-order valence-corrected chi connectivity index (χ0v) is 7.48. The molecule has 0 aliphatic rings. The number of nitrogens with zero attached hydrogens (tertiary/aromatic N) is 1. The molecule has 1 heterocycles. The summed E-state index contributed by atoms with van der Waals surface area (Å²) in [5.74, 6) is 0.480. The molecule has 0 fully saturated rings. The molecule has 0 saturated heterocycles. The fraction of sp³-hybridized carbons (Fsp3) is 0.444. The van der Waals surface area contributed by atoms with Crippen molar-refractivity contribution in [2.45, 2.75) is 18.9 Å². The predicted octanol–water partition coefficient (Wildman–Crippen LogP) is 0.436. The standard InChI is InChI=1S/C9H15N3O/c10-8(4-2-6-13)7-3-1-5-12-9(7)11/h1,3,5,8,13H,2,4,6,10H2,(H2,11,12)/t8-/m0/s1. The normalized spacial score (nSPS) is 12.8. The maximum absolute atomic E-state index is 8.63. The first-order valence-electron chi connectivity index (χ1n) is 4.32. The maximum atomic E-state index is 8.63. The van der Waals surface area contributed by atoms with Gasteiger partial charge in [-0.05, 0) is 18.9 Å². The average molecular weight is 181 g/mol. The number of aliphatic hydroxyl groups excluding tert-OH is 1. The Morgan fingerprint density at radius 3 is 2.92 bits per heavy atom. The molecule has 13 heavy (non-hydrogen) atoms. The summed E-state index contributed by atoms with van der Waals surface area (Å²) in [5, 5.41) is 8.63. The van der Waals surface area contributed by atoms with Crippen molar-refractivity contribution in [3.63, 3.8) is 0 Å². The van der Waals surface area contributed by atoms with E-state index in [4.69, 9.17) is 16.6 Å². The summed E-state index contributed by atoms with van der Waals surface area (Å²) in [6.45, 7) is 0.161. The van der Waals surface area contributed by atoms with Crippen LogP contribution in [0.15, 0.2) is 18.3 Å². The Morgan fingerprint density at radius 1 is 1.54 bits per heavy atom. The van der Waals surface area contributed by atoms with Gasteiger partial charge in [-0.25, -0.2) is 4.98 Å². The third kappa shape index (κ3) is 2.68. The number of rotatable bonds is 4. The number of aliphatic hydroxyl groups is 1. The Hall–Kier alpha value is -1.13. The van der Waals surface area contributed by atoms with Crippen molar-refractivity contribution in [2.75, 3.05) is 12.3 Å². The van der Waals surface area contributed by atoms with Crippen molar-refractivity contribution in [3.05, 3.63) is 23.9 Å². The van der Waals surface area contributed by atoms with Gasteiger partial charge in [-0.1, -0.05) is 6.07 Å². The van der Waals surface area contributed by atoms with Crippen LogP contribution in [0.1, 0.15) is 24.4 Å². The summed E-state index contributed by atoms with van der Waals surface area (Å²) in [6.07, 6.45) is 3.06. The second-order valence-electron chi connectivity index (χ2n) is 2.95. The molecule has 72 valence electrons. The summed E-state index contributed by atoms with van der Waals surface area (Å²) in [4.78, 5) is 3.94. The molecule has 1 aromatic rings. The molecule has 0 aliphatic carbocycles. The van der Waals surface area contributed by atoms with E-state index in [0.717, 1.165) is 12.0 Å². The molecule has 4 heteroatoms. The molecule has 0 aromatic carbocycles. The molecule has 5 N–H and O–H groups in total. The zero-order valence-electron chi connectivity index (χ0n) is 7.48. The van der Waals surface area contributed by atoms with Gasteiger partial charge in [0.15, 0.2) is 0 Å². The molecule has 0 radical (unpaired) electrons. The molecule has 0 aliphatic heterocycles. The van der Waals surface area contributed by atoms with Gasteiger partial charge in [-0.15, -0.1) is 0 Å². The smallest absolute Gasteiger partial charge is 0.128 e. The van der Waals surface area contributed by atoms with Crippen LogP contribution in [0.4, 0.5) is 5.82 Å². The lowest BCUT2D eigenvalue weighted by Crippen LogP contribution is -2.13. The Labute approximate surface area is 77.6 Å². The molecule has 1 atom stereocenters. The van der Waals surface area contributed by atoms with E-state index in [-0.39, 0.29) is 12.6 Å². The molecular formula is C9H15N3O. The van der Waals surface area contributed by atoms with Crippen molar-refractivity contribution in [1.82, 2.24) is 4.98 Å². The van der Waals surface area contributed by atoms with Gasteiger partial charge in [0, 0.05) is 24.4 Å². The summed E-state index contributed by atoms with van der Waals surface area (Å²) >= 11 is 0. The van der Waals surface area contributed by atoms with Crippen molar-refractivity contribution in [3.8, 4) is 0 Å². The lowest BCUT2D eigenvalue weighted by molar-refractivity contribution is 0.280. The molecule has 0 bridgehead atoms. The SMILES string of the molecule is Nc1ncccc1[C@@H](N)CCCO. The van der Waals surface area contributed by atoms with Crippen LogP contribution in [0.5, 0.6) is 0 Å². The minimum Gasteiger partial charge on any atom is -0.396 e. The predicted molar refractivity (Wildman–Crippen MR) is 51.9 cm³/mol. The monoisotopic (exact) mass is 181 g/mol. The average Bonchev–Trinajstić information content (AvgIpc) is 2.15. The quantitative estimate of drug-likeness (QED) is 0.629.